The van der Waals surface area contributed by atoms with Crippen LogP contribution in [0.25, 0.3) is 0 Å². The first-order chi connectivity index (χ1) is 20.1. The number of carboxylic acid groups (broad SMARTS) is 1. The number of hydrogen-bond donors (Lipinski definition) is 1. The van der Waals surface area contributed by atoms with E-state index in [1.165, 1.54) is 96.3 Å². The van der Waals surface area contributed by atoms with Crippen LogP contribution < -0.4 is 0 Å². The van der Waals surface area contributed by atoms with E-state index in [9.17, 15) is 9.59 Å². The van der Waals surface area contributed by atoms with Crippen LogP contribution in [0, 0.1) is 0 Å². The number of allylic oxidation sites excluding steroid dienone is 4. The molecule has 0 amide bonds. The van der Waals surface area contributed by atoms with Gasteiger partial charge < -0.3 is 9.84 Å². The molecule has 0 bridgehead atoms. The molecule has 0 saturated heterocycles. The summed E-state index contributed by atoms with van der Waals surface area (Å²) in [5.74, 6) is -0.728. The van der Waals surface area contributed by atoms with E-state index < -0.39 is 5.97 Å². The van der Waals surface area contributed by atoms with E-state index in [2.05, 4.69) is 38.2 Å². The minimum atomic E-state index is -0.705. The number of unbranched alkanes of at least 4 members (excludes halogenated alkanes) is 19. The second kappa shape index (κ2) is 32.9. The maximum absolute atomic E-state index is 12.6. The van der Waals surface area contributed by atoms with Gasteiger partial charge >= 0.3 is 11.9 Å². The van der Waals surface area contributed by atoms with Crippen LogP contribution in [0.4, 0.5) is 0 Å². The Labute approximate surface area is 255 Å². The summed E-state index contributed by atoms with van der Waals surface area (Å²) in [6, 6.07) is 0. The number of carbonyl (C=O) groups excluding carboxylic acids is 1. The quantitative estimate of drug-likeness (QED) is 0.0491. The molecule has 1 unspecified atom stereocenters. The first-order valence-electron chi connectivity index (χ1n) is 17.8. The summed E-state index contributed by atoms with van der Waals surface area (Å²) in [7, 11) is 0. The summed E-state index contributed by atoms with van der Waals surface area (Å²) in [5, 5.41) is 8.79. The molecule has 0 radical (unpaired) electrons. The van der Waals surface area contributed by atoms with Gasteiger partial charge in [0.1, 0.15) is 6.10 Å². The van der Waals surface area contributed by atoms with Gasteiger partial charge in [0.05, 0.1) is 0 Å². The standard InChI is InChI=1S/C37H68O4/c1-3-5-7-9-11-13-15-17-19-21-26-30-34-37(40)41-35(32-28-24-22-25-29-33-36(38)39)31-27-23-20-18-16-14-12-10-8-6-4-2/h11,13,18,20,35H,3-10,12,14-17,19,21-34H2,1-2H3,(H,38,39)/b13-11-,20-18-. The van der Waals surface area contributed by atoms with Crippen LogP contribution >= 0.6 is 0 Å². The van der Waals surface area contributed by atoms with Crippen molar-refractivity contribution >= 4 is 11.9 Å². The van der Waals surface area contributed by atoms with Crippen molar-refractivity contribution in [1.29, 1.82) is 0 Å². The topological polar surface area (TPSA) is 63.6 Å². The number of ether oxygens (including phenoxy) is 1. The fourth-order valence-corrected chi connectivity index (χ4v) is 5.24. The predicted octanol–water partition coefficient (Wildman–Crippen LogP) is 12.1. The Bertz CT molecular complexity index is 624. The van der Waals surface area contributed by atoms with Gasteiger partial charge in [-0.25, -0.2) is 0 Å². The van der Waals surface area contributed by atoms with E-state index in [4.69, 9.17) is 9.84 Å². The molecule has 0 saturated carbocycles. The van der Waals surface area contributed by atoms with Crippen molar-refractivity contribution in [1.82, 2.24) is 0 Å². The van der Waals surface area contributed by atoms with Crippen LogP contribution in [0.15, 0.2) is 24.3 Å². The van der Waals surface area contributed by atoms with Crippen LogP contribution in [-0.2, 0) is 14.3 Å². The zero-order chi connectivity index (χ0) is 30.1. The molecule has 4 heteroatoms. The lowest BCUT2D eigenvalue weighted by atomic mass is 10.0. The number of rotatable bonds is 32. The number of aliphatic carboxylic acids is 1. The van der Waals surface area contributed by atoms with Crippen molar-refractivity contribution < 1.29 is 19.4 Å². The molecule has 0 aromatic heterocycles. The van der Waals surface area contributed by atoms with Gasteiger partial charge in [0.25, 0.3) is 0 Å². The van der Waals surface area contributed by atoms with Gasteiger partial charge in [-0.2, -0.15) is 0 Å². The molecule has 0 aromatic rings. The van der Waals surface area contributed by atoms with Crippen molar-refractivity contribution in [3.63, 3.8) is 0 Å². The Morgan fingerprint density at radius 2 is 0.902 bits per heavy atom. The molecule has 0 spiro atoms. The second-order valence-corrected chi connectivity index (χ2v) is 12.0. The lowest BCUT2D eigenvalue weighted by Crippen LogP contribution is -2.18. The molecule has 0 fully saturated rings. The lowest BCUT2D eigenvalue weighted by Gasteiger charge is -2.18. The first-order valence-corrected chi connectivity index (χ1v) is 17.8. The molecule has 240 valence electrons. The number of carboxylic acids is 1. The van der Waals surface area contributed by atoms with Gasteiger partial charge in [0.2, 0.25) is 0 Å². The van der Waals surface area contributed by atoms with E-state index in [0.717, 1.165) is 70.6 Å². The summed E-state index contributed by atoms with van der Waals surface area (Å²) in [4.78, 5) is 23.2. The molecule has 0 aliphatic rings. The summed E-state index contributed by atoms with van der Waals surface area (Å²) >= 11 is 0. The van der Waals surface area contributed by atoms with Gasteiger partial charge in [0, 0.05) is 12.8 Å². The molecular formula is C37H68O4. The third kappa shape index (κ3) is 32.8. The average molecular weight is 577 g/mol. The fourth-order valence-electron chi connectivity index (χ4n) is 5.24. The van der Waals surface area contributed by atoms with Crippen LogP contribution in [0.5, 0.6) is 0 Å². The van der Waals surface area contributed by atoms with Gasteiger partial charge in [-0.1, -0.05) is 122 Å². The van der Waals surface area contributed by atoms with E-state index in [-0.39, 0.29) is 18.5 Å². The lowest BCUT2D eigenvalue weighted by molar-refractivity contribution is -0.150. The first kappa shape index (κ1) is 39.4. The number of carbonyl (C=O) groups is 2. The van der Waals surface area contributed by atoms with Crippen molar-refractivity contribution in [3.8, 4) is 0 Å². The summed E-state index contributed by atoms with van der Waals surface area (Å²) in [6.07, 6.45) is 40.4. The smallest absolute Gasteiger partial charge is 0.306 e. The maximum atomic E-state index is 12.6. The monoisotopic (exact) mass is 577 g/mol. The van der Waals surface area contributed by atoms with E-state index in [1.54, 1.807) is 0 Å². The normalized spacial score (nSPS) is 12.4. The largest absolute Gasteiger partial charge is 0.481 e. The SMILES string of the molecule is CCCCC/C=C\CCCCCCCC(=O)OC(CCC/C=C\CCCCCCCC)CCCCCCCC(=O)O. The summed E-state index contributed by atoms with van der Waals surface area (Å²) in [5.41, 5.74) is 0. The van der Waals surface area contributed by atoms with Crippen molar-refractivity contribution in [2.75, 3.05) is 0 Å². The molecule has 0 aliphatic carbocycles. The van der Waals surface area contributed by atoms with Gasteiger partial charge in [-0.15, -0.1) is 0 Å². The van der Waals surface area contributed by atoms with Crippen LogP contribution in [-0.4, -0.2) is 23.1 Å². The van der Waals surface area contributed by atoms with Gasteiger partial charge in [0.15, 0.2) is 0 Å². The highest BCUT2D eigenvalue weighted by molar-refractivity contribution is 5.69. The Hall–Kier alpha value is -1.58. The second-order valence-electron chi connectivity index (χ2n) is 12.0. The highest BCUT2D eigenvalue weighted by Gasteiger charge is 2.14. The third-order valence-corrected chi connectivity index (χ3v) is 7.90. The van der Waals surface area contributed by atoms with Gasteiger partial charge in [-0.05, 0) is 83.5 Å². The van der Waals surface area contributed by atoms with Crippen LogP contribution in [0.2, 0.25) is 0 Å². The Kier molecular flexibility index (Phi) is 31.7. The Morgan fingerprint density at radius 3 is 1.46 bits per heavy atom. The minimum absolute atomic E-state index is 0.0231. The zero-order valence-electron chi connectivity index (χ0n) is 27.4. The highest BCUT2D eigenvalue weighted by Crippen LogP contribution is 2.18. The third-order valence-electron chi connectivity index (χ3n) is 7.90. The molecule has 41 heavy (non-hydrogen) atoms. The average Bonchev–Trinajstić information content (AvgIpc) is 2.95. The summed E-state index contributed by atoms with van der Waals surface area (Å²) < 4.78 is 5.95. The number of hydrogen-bond acceptors (Lipinski definition) is 3. The minimum Gasteiger partial charge on any atom is -0.481 e. The molecule has 1 N–H and O–H groups in total. The molecule has 0 aromatic carbocycles. The molecule has 0 aliphatic heterocycles. The molecule has 0 rings (SSSR count). The molecule has 1 atom stereocenters. The van der Waals surface area contributed by atoms with E-state index in [1.807, 2.05) is 0 Å². The van der Waals surface area contributed by atoms with Crippen LogP contribution in [0.1, 0.15) is 194 Å². The van der Waals surface area contributed by atoms with Crippen molar-refractivity contribution in [3.05, 3.63) is 24.3 Å². The fraction of sp³-hybridized carbons (Fsp3) is 0.838. The van der Waals surface area contributed by atoms with E-state index >= 15 is 0 Å². The zero-order valence-corrected chi connectivity index (χ0v) is 27.4. The maximum Gasteiger partial charge on any atom is 0.306 e. The highest BCUT2D eigenvalue weighted by atomic mass is 16.5. The molecular weight excluding hydrogens is 508 g/mol. The van der Waals surface area contributed by atoms with Crippen molar-refractivity contribution in [2.24, 2.45) is 0 Å². The summed E-state index contributed by atoms with van der Waals surface area (Å²) in [6.45, 7) is 4.51. The molecule has 4 nitrogen and oxygen atoms in total. The van der Waals surface area contributed by atoms with Gasteiger partial charge in [-0.3, -0.25) is 9.59 Å². The van der Waals surface area contributed by atoms with Crippen LogP contribution in [0.3, 0.4) is 0 Å². The predicted molar refractivity (Wildman–Crippen MR) is 176 cm³/mol. The molecule has 0 heterocycles. The van der Waals surface area contributed by atoms with Crippen molar-refractivity contribution in [2.45, 2.75) is 200 Å². The number of esters is 1. The van der Waals surface area contributed by atoms with E-state index in [0.29, 0.717) is 6.42 Å². The Balaban J connectivity index is 4.12. The Morgan fingerprint density at radius 1 is 0.512 bits per heavy atom.